The molecule has 94 valence electrons. The van der Waals surface area contributed by atoms with Gasteiger partial charge >= 0.3 is 5.97 Å². The summed E-state index contributed by atoms with van der Waals surface area (Å²) in [5.41, 5.74) is 3.30. The van der Waals surface area contributed by atoms with Crippen LogP contribution in [0.2, 0.25) is 0 Å². The van der Waals surface area contributed by atoms with Gasteiger partial charge in [0.05, 0.1) is 0 Å². The molecule has 0 aliphatic carbocycles. The lowest BCUT2D eigenvalue weighted by atomic mass is 10.2. The van der Waals surface area contributed by atoms with Crippen LogP contribution in [0.15, 0.2) is 24.8 Å². The van der Waals surface area contributed by atoms with Gasteiger partial charge in [-0.05, 0) is 12.8 Å². The van der Waals surface area contributed by atoms with E-state index >= 15 is 0 Å². The fourth-order valence-electron chi connectivity index (χ4n) is 1.50. The van der Waals surface area contributed by atoms with Crippen molar-refractivity contribution in [2.75, 3.05) is 19.7 Å². The number of carbonyl (C=O) groups excluding carboxylic acids is 2. The molecule has 0 aromatic rings. The third kappa shape index (κ3) is 4.40. The van der Waals surface area contributed by atoms with E-state index in [0.717, 1.165) is 13.0 Å². The molecule has 1 fully saturated rings. The minimum atomic E-state index is -0.417. The highest BCUT2D eigenvalue weighted by molar-refractivity contribution is 5.87. The smallest absolute Gasteiger partial charge is 0.333 e. The summed E-state index contributed by atoms with van der Waals surface area (Å²) >= 11 is 0. The molecule has 0 aromatic heterocycles. The fourth-order valence-corrected chi connectivity index (χ4v) is 1.50. The van der Waals surface area contributed by atoms with Gasteiger partial charge in [0.15, 0.2) is 0 Å². The van der Waals surface area contributed by atoms with Gasteiger partial charge in [-0.25, -0.2) is 10.2 Å². The Morgan fingerprint density at radius 2 is 2.35 bits per heavy atom. The van der Waals surface area contributed by atoms with Crippen molar-refractivity contribution in [3.05, 3.63) is 24.8 Å². The Labute approximate surface area is 101 Å². The predicted octanol–water partition coefficient (Wildman–Crippen LogP) is 0.789. The lowest BCUT2D eigenvalue weighted by Gasteiger charge is -2.16. The normalized spacial score (nSPS) is 14.8. The number of nitrogens with one attached hydrogen (secondary N) is 1. The van der Waals surface area contributed by atoms with Crippen LogP contribution in [0.5, 0.6) is 0 Å². The molecule has 17 heavy (non-hydrogen) atoms. The maximum absolute atomic E-state index is 11.3. The van der Waals surface area contributed by atoms with Crippen LogP contribution in [0, 0.1) is 0 Å². The van der Waals surface area contributed by atoms with Gasteiger partial charge < -0.3 is 4.74 Å². The number of allylic oxidation sites excluding steroid dienone is 1. The number of hydrazine groups is 1. The van der Waals surface area contributed by atoms with Crippen LogP contribution in [-0.4, -0.2) is 36.6 Å². The second-order valence-corrected chi connectivity index (χ2v) is 3.79. The highest BCUT2D eigenvalue weighted by atomic mass is 16.5. The number of rotatable bonds is 7. The Hall–Kier alpha value is -1.62. The number of hydrogen-bond donors (Lipinski definition) is 1. The van der Waals surface area contributed by atoms with E-state index in [4.69, 9.17) is 4.74 Å². The number of amides is 1. The molecule has 1 aliphatic heterocycles. The Morgan fingerprint density at radius 1 is 1.59 bits per heavy atom. The van der Waals surface area contributed by atoms with Crippen molar-refractivity contribution < 1.29 is 14.3 Å². The zero-order valence-electron chi connectivity index (χ0n) is 9.91. The van der Waals surface area contributed by atoms with Crippen molar-refractivity contribution in [3.8, 4) is 0 Å². The summed E-state index contributed by atoms with van der Waals surface area (Å²) in [6.45, 7) is 8.47. The van der Waals surface area contributed by atoms with Gasteiger partial charge in [0.1, 0.15) is 6.61 Å². The summed E-state index contributed by atoms with van der Waals surface area (Å²) in [5.74, 6) is -0.327. The molecule has 0 atom stereocenters. The van der Waals surface area contributed by atoms with Crippen molar-refractivity contribution in [1.82, 2.24) is 10.4 Å². The zero-order chi connectivity index (χ0) is 12.7. The topological polar surface area (TPSA) is 58.6 Å². The van der Waals surface area contributed by atoms with Crippen LogP contribution in [0.25, 0.3) is 0 Å². The van der Waals surface area contributed by atoms with Crippen molar-refractivity contribution in [2.24, 2.45) is 0 Å². The number of hydrogen-bond acceptors (Lipinski definition) is 4. The maximum atomic E-state index is 11.3. The van der Waals surface area contributed by atoms with E-state index in [0.29, 0.717) is 25.0 Å². The Balaban J connectivity index is 2.11. The molecular weight excluding hydrogens is 220 g/mol. The minimum absolute atomic E-state index is 0.0902. The lowest BCUT2D eigenvalue weighted by Crippen LogP contribution is -2.40. The molecule has 0 aromatic carbocycles. The summed E-state index contributed by atoms with van der Waals surface area (Å²) in [6.07, 6.45) is 3.49. The summed E-state index contributed by atoms with van der Waals surface area (Å²) in [5, 5.41) is 1.56. The maximum Gasteiger partial charge on any atom is 0.333 e. The molecule has 0 spiro atoms. The van der Waals surface area contributed by atoms with Crippen LogP contribution in [0.4, 0.5) is 0 Å². The molecule has 0 saturated carbocycles. The van der Waals surface area contributed by atoms with E-state index in [2.05, 4.69) is 18.6 Å². The van der Waals surface area contributed by atoms with Crippen molar-refractivity contribution >= 4 is 11.9 Å². The summed E-state index contributed by atoms with van der Waals surface area (Å²) in [4.78, 5) is 22.5. The highest BCUT2D eigenvalue weighted by Gasteiger charge is 2.19. The van der Waals surface area contributed by atoms with Crippen LogP contribution < -0.4 is 5.43 Å². The van der Waals surface area contributed by atoms with Gasteiger partial charge in [-0.15, -0.1) is 6.58 Å². The first kappa shape index (κ1) is 13.4. The molecule has 1 rings (SSSR count). The molecule has 0 bridgehead atoms. The first-order valence-electron chi connectivity index (χ1n) is 5.65. The monoisotopic (exact) mass is 238 g/mol. The number of nitrogens with zero attached hydrogens (tertiary/aromatic N) is 1. The van der Waals surface area contributed by atoms with Crippen LogP contribution in [0.1, 0.15) is 19.3 Å². The fraction of sp³-hybridized carbons (Fsp3) is 0.500. The zero-order valence-corrected chi connectivity index (χ0v) is 9.91. The van der Waals surface area contributed by atoms with E-state index < -0.39 is 5.97 Å². The molecule has 1 amide bonds. The van der Waals surface area contributed by atoms with Gasteiger partial charge in [-0.1, -0.05) is 12.7 Å². The predicted molar refractivity (Wildman–Crippen MR) is 63.9 cm³/mol. The molecule has 0 radical (unpaired) electrons. The van der Waals surface area contributed by atoms with E-state index in [1.807, 2.05) is 0 Å². The van der Waals surface area contributed by atoms with Gasteiger partial charge in [0.25, 0.3) is 0 Å². The van der Waals surface area contributed by atoms with Gasteiger partial charge in [-0.3, -0.25) is 9.80 Å². The second kappa shape index (κ2) is 6.85. The van der Waals surface area contributed by atoms with E-state index in [1.165, 1.54) is 0 Å². The van der Waals surface area contributed by atoms with Crippen molar-refractivity contribution in [2.45, 2.75) is 19.3 Å². The molecule has 1 heterocycles. The molecule has 1 N–H and O–H groups in total. The minimum Gasteiger partial charge on any atom is -0.461 e. The first-order chi connectivity index (χ1) is 8.15. The van der Waals surface area contributed by atoms with E-state index in [-0.39, 0.29) is 12.5 Å². The van der Waals surface area contributed by atoms with Crippen LogP contribution >= 0.6 is 0 Å². The largest absolute Gasteiger partial charge is 0.461 e. The summed E-state index contributed by atoms with van der Waals surface area (Å²) < 4.78 is 4.96. The molecule has 5 nitrogen and oxygen atoms in total. The van der Waals surface area contributed by atoms with Crippen LogP contribution in [0.3, 0.4) is 0 Å². The molecule has 1 saturated heterocycles. The summed E-state index contributed by atoms with van der Waals surface area (Å²) in [6, 6.07) is 0. The summed E-state index contributed by atoms with van der Waals surface area (Å²) in [7, 11) is 0. The van der Waals surface area contributed by atoms with E-state index in [1.54, 1.807) is 11.1 Å². The third-order valence-corrected chi connectivity index (χ3v) is 2.39. The average Bonchev–Trinajstić information content (AvgIpc) is 2.70. The molecular formula is C12H18N2O3. The molecule has 0 unspecified atom stereocenters. The van der Waals surface area contributed by atoms with Gasteiger partial charge in [0, 0.05) is 25.1 Å². The molecule has 5 heteroatoms. The third-order valence-electron chi connectivity index (χ3n) is 2.39. The number of ether oxygens (including phenoxy) is 1. The number of carbonyl (C=O) groups is 2. The lowest BCUT2D eigenvalue weighted by molar-refractivity contribution is -0.139. The average molecular weight is 238 g/mol. The number of esters is 1. The van der Waals surface area contributed by atoms with Crippen molar-refractivity contribution in [1.29, 1.82) is 0 Å². The van der Waals surface area contributed by atoms with E-state index in [9.17, 15) is 9.59 Å². The second-order valence-electron chi connectivity index (χ2n) is 3.79. The van der Waals surface area contributed by atoms with Crippen LogP contribution in [-0.2, 0) is 14.3 Å². The first-order valence-corrected chi connectivity index (χ1v) is 5.65. The molecule has 1 aliphatic rings. The SMILES string of the molecule is C=CCC(=C)C(=O)OCCNN1CCCC1=O. The highest BCUT2D eigenvalue weighted by Crippen LogP contribution is 2.05. The Bertz CT molecular complexity index is 326. The quantitative estimate of drug-likeness (QED) is 0.308. The Kier molecular flexibility index (Phi) is 5.42. The Morgan fingerprint density at radius 3 is 2.94 bits per heavy atom. The standard InChI is InChI=1S/C12H18N2O3/c1-3-5-10(2)12(16)17-9-7-13-14-8-4-6-11(14)15/h3,13H,1-2,4-9H2. The van der Waals surface area contributed by atoms with Gasteiger partial charge in [0.2, 0.25) is 5.91 Å². The van der Waals surface area contributed by atoms with Gasteiger partial charge in [-0.2, -0.15) is 0 Å². The van der Waals surface area contributed by atoms with Crippen molar-refractivity contribution in [3.63, 3.8) is 0 Å².